The molecular weight excluding hydrogens is 336 g/mol. The molecule has 2 N–H and O–H groups in total. The van der Waals surface area contributed by atoms with E-state index in [-0.39, 0.29) is 23.9 Å². The third-order valence-corrected chi connectivity index (χ3v) is 5.27. The molecule has 0 aliphatic heterocycles. The number of carbonyl (C=O) groups excluding carboxylic acids is 1. The first-order valence-electron chi connectivity index (χ1n) is 8.25. The van der Waals surface area contributed by atoms with Gasteiger partial charge in [0.2, 0.25) is 15.9 Å². The molecule has 0 aromatic heterocycles. The molecule has 0 bridgehead atoms. The highest BCUT2D eigenvalue weighted by Crippen LogP contribution is 2.09. The van der Waals surface area contributed by atoms with Crippen LogP contribution in [-0.4, -0.2) is 27.4 Å². The monoisotopic (exact) mass is 360 g/mol. The zero-order valence-corrected chi connectivity index (χ0v) is 15.4. The van der Waals surface area contributed by atoms with Crippen LogP contribution in [0, 0.1) is 13.8 Å². The average molecular weight is 360 g/mol. The predicted octanol–water partition coefficient (Wildman–Crippen LogP) is 2.33. The summed E-state index contributed by atoms with van der Waals surface area (Å²) in [7, 11) is -3.54. The molecule has 2 rings (SSSR count). The number of hydrogen-bond donors (Lipinski definition) is 2. The first kappa shape index (κ1) is 19.1. The highest BCUT2D eigenvalue weighted by molar-refractivity contribution is 7.89. The maximum atomic E-state index is 12.1. The number of aryl methyl sites for hydroxylation is 3. The minimum Gasteiger partial charge on any atom is -0.355 e. The lowest BCUT2D eigenvalue weighted by Crippen LogP contribution is -2.34. The molecule has 0 spiro atoms. The van der Waals surface area contributed by atoms with E-state index < -0.39 is 10.0 Å². The first-order chi connectivity index (χ1) is 11.9. The van der Waals surface area contributed by atoms with Crippen LogP contribution in [0.25, 0.3) is 0 Å². The number of benzene rings is 2. The number of rotatable bonds is 8. The molecule has 6 heteroatoms. The van der Waals surface area contributed by atoms with Crippen molar-refractivity contribution in [1.82, 2.24) is 10.0 Å². The van der Waals surface area contributed by atoms with Crippen LogP contribution < -0.4 is 10.0 Å². The number of amides is 1. The number of sulfonamides is 1. The average Bonchev–Trinajstić information content (AvgIpc) is 2.57. The summed E-state index contributed by atoms with van der Waals surface area (Å²) in [5.74, 6) is -0.0870. The van der Waals surface area contributed by atoms with Crippen LogP contribution in [-0.2, 0) is 21.2 Å². The van der Waals surface area contributed by atoms with Gasteiger partial charge in [-0.15, -0.1) is 0 Å². The number of nitrogens with one attached hydrogen (secondary N) is 2. The summed E-state index contributed by atoms with van der Waals surface area (Å²) in [5.41, 5.74) is 3.29. The van der Waals surface area contributed by atoms with Crippen LogP contribution in [0.15, 0.2) is 53.4 Å². The van der Waals surface area contributed by atoms with E-state index in [0.717, 1.165) is 11.1 Å². The standard InChI is InChI=1S/C19H24N2O3S/c1-15-6-9-18(10-7-15)25(23,24)21-13-12-20-19(22)11-8-17-5-3-4-16(2)14-17/h3-7,9-10,14,21H,8,11-13H2,1-2H3,(H,20,22). The molecule has 0 aliphatic carbocycles. The molecule has 0 aliphatic rings. The normalized spacial score (nSPS) is 11.3. The van der Waals surface area contributed by atoms with Crippen LogP contribution in [0.5, 0.6) is 0 Å². The van der Waals surface area contributed by atoms with E-state index in [1.54, 1.807) is 24.3 Å². The van der Waals surface area contributed by atoms with Crippen molar-refractivity contribution in [2.24, 2.45) is 0 Å². The van der Waals surface area contributed by atoms with Gasteiger partial charge in [0, 0.05) is 19.5 Å². The molecule has 0 atom stereocenters. The minimum absolute atomic E-state index is 0.0870. The highest BCUT2D eigenvalue weighted by atomic mass is 32.2. The molecule has 134 valence electrons. The lowest BCUT2D eigenvalue weighted by atomic mass is 10.1. The predicted molar refractivity (Wildman–Crippen MR) is 98.9 cm³/mol. The van der Waals surface area contributed by atoms with E-state index in [1.165, 1.54) is 5.56 Å². The van der Waals surface area contributed by atoms with Crippen molar-refractivity contribution in [2.75, 3.05) is 13.1 Å². The van der Waals surface area contributed by atoms with Gasteiger partial charge in [0.15, 0.2) is 0 Å². The SMILES string of the molecule is Cc1ccc(S(=O)(=O)NCCNC(=O)CCc2cccc(C)c2)cc1. The van der Waals surface area contributed by atoms with Gasteiger partial charge in [-0.2, -0.15) is 0 Å². The van der Waals surface area contributed by atoms with Crippen LogP contribution in [0.1, 0.15) is 23.1 Å². The van der Waals surface area contributed by atoms with Crippen molar-refractivity contribution in [3.63, 3.8) is 0 Å². The fourth-order valence-corrected chi connectivity index (χ4v) is 3.43. The second-order valence-electron chi connectivity index (χ2n) is 6.05. The molecule has 0 unspecified atom stereocenters. The van der Waals surface area contributed by atoms with Crippen molar-refractivity contribution in [2.45, 2.75) is 31.6 Å². The molecule has 2 aromatic rings. The van der Waals surface area contributed by atoms with Gasteiger partial charge < -0.3 is 5.32 Å². The van der Waals surface area contributed by atoms with Crippen molar-refractivity contribution in [3.05, 3.63) is 65.2 Å². The Kier molecular flexibility index (Phi) is 6.73. The Morgan fingerprint density at radius 3 is 2.36 bits per heavy atom. The minimum atomic E-state index is -3.54. The van der Waals surface area contributed by atoms with Gasteiger partial charge in [-0.25, -0.2) is 13.1 Å². The molecule has 2 aromatic carbocycles. The Hall–Kier alpha value is -2.18. The fourth-order valence-electron chi connectivity index (χ4n) is 2.40. The molecule has 0 heterocycles. The zero-order valence-electron chi connectivity index (χ0n) is 14.6. The molecule has 5 nitrogen and oxygen atoms in total. The number of carbonyl (C=O) groups is 1. The van der Waals surface area contributed by atoms with Crippen molar-refractivity contribution in [3.8, 4) is 0 Å². The lowest BCUT2D eigenvalue weighted by Gasteiger charge is -2.08. The Morgan fingerprint density at radius 1 is 0.960 bits per heavy atom. The molecule has 0 radical (unpaired) electrons. The summed E-state index contributed by atoms with van der Waals surface area (Å²) in [6, 6.07) is 14.7. The van der Waals surface area contributed by atoms with Gasteiger partial charge in [-0.05, 0) is 38.0 Å². The maximum absolute atomic E-state index is 12.1. The quantitative estimate of drug-likeness (QED) is 0.710. The first-order valence-corrected chi connectivity index (χ1v) is 9.74. The summed E-state index contributed by atoms with van der Waals surface area (Å²) < 4.78 is 26.7. The second kappa shape index (κ2) is 8.78. The van der Waals surface area contributed by atoms with E-state index in [0.29, 0.717) is 12.8 Å². The van der Waals surface area contributed by atoms with Gasteiger partial charge in [-0.3, -0.25) is 4.79 Å². The highest BCUT2D eigenvalue weighted by Gasteiger charge is 2.12. The third kappa shape index (κ3) is 6.32. The van der Waals surface area contributed by atoms with Crippen LogP contribution in [0.3, 0.4) is 0 Å². The van der Waals surface area contributed by atoms with Gasteiger partial charge in [0.25, 0.3) is 0 Å². The summed E-state index contributed by atoms with van der Waals surface area (Å²) in [4.78, 5) is 12.1. The van der Waals surface area contributed by atoms with Gasteiger partial charge >= 0.3 is 0 Å². The van der Waals surface area contributed by atoms with Gasteiger partial charge in [-0.1, -0.05) is 47.5 Å². The van der Waals surface area contributed by atoms with E-state index >= 15 is 0 Å². The van der Waals surface area contributed by atoms with Crippen LogP contribution in [0.2, 0.25) is 0 Å². The second-order valence-corrected chi connectivity index (χ2v) is 7.82. The van der Waals surface area contributed by atoms with E-state index in [1.807, 2.05) is 32.0 Å². The fraction of sp³-hybridized carbons (Fsp3) is 0.316. The lowest BCUT2D eigenvalue weighted by molar-refractivity contribution is -0.121. The summed E-state index contributed by atoms with van der Waals surface area (Å²) in [5, 5.41) is 2.73. The third-order valence-electron chi connectivity index (χ3n) is 3.79. The zero-order chi connectivity index (χ0) is 18.3. The van der Waals surface area contributed by atoms with Crippen LogP contribution >= 0.6 is 0 Å². The Morgan fingerprint density at radius 2 is 1.68 bits per heavy atom. The Labute approximate surface area is 149 Å². The number of hydrogen-bond acceptors (Lipinski definition) is 3. The largest absolute Gasteiger partial charge is 0.355 e. The molecule has 0 saturated heterocycles. The summed E-state index contributed by atoms with van der Waals surface area (Å²) in [6.45, 7) is 4.34. The van der Waals surface area contributed by atoms with Crippen molar-refractivity contribution >= 4 is 15.9 Å². The summed E-state index contributed by atoms with van der Waals surface area (Å²) in [6.07, 6.45) is 1.05. The molecular formula is C19H24N2O3S. The smallest absolute Gasteiger partial charge is 0.240 e. The summed E-state index contributed by atoms with van der Waals surface area (Å²) >= 11 is 0. The van der Waals surface area contributed by atoms with E-state index in [2.05, 4.69) is 16.1 Å². The topological polar surface area (TPSA) is 75.3 Å². The molecule has 1 amide bonds. The maximum Gasteiger partial charge on any atom is 0.240 e. The van der Waals surface area contributed by atoms with E-state index in [4.69, 9.17) is 0 Å². The van der Waals surface area contributed by atoms with Gasteiger partial charge in [0.1, 0.15) is 0 Å². The van der Waals surface area contributed by atoms with Crippen LogP contribution in [0.4, 0.5) is 0 Å². The Balaban J connectivity index is 1.71. The van der Waals surface area contributed by atoms with Crippen molar-refractivity contribution in [1.29, 1.82) is 0 Å². The van der Waals surface area contributed by atoms with E-state index in [9.17, 15) is 13.2 Å². The van der Waals surface area contributed by atoms with Gasteiger partial charge in [0.05, 0.1) is 4.90 Å². The molecule has 25 heavy (non-hydrogen) atoms. The van der Waals surface area contributed by atoms with Crippen molar-refractivity contribution < 1.29 is 13.2 Å². The Bertz CT molecular complexity index is 815. The molecule has 0 saturated carbocycles. The molecule has 0 fully saturated rings.